The molecule has 0 aliphatic rings. The average molecular weight is 193 g/mol. The highest BCUT2D eigenvalue weighted by molar-refractivity contribution is 5.94. The van der Waals surface area contributed by atoms with E-state index >= 15 is 0 Å². The molecule has 0 amide bonds. The second-order valence-electron chi connectivity index (χ2n) is 2.66. The number of hydrogen-bond donors (Lipinski definition) is 1. The SMILES string of the molecule is COC(C)=Nc1ccccc1C(=O)O. The van der Waals surface area contributed by atoms with Crippen molar-refractivity contribution in [1.82, 2.24) is 0 Å². The molecule has 0 heterocycles. The Hall–Kier alpha value is -1.84. The molecule has 1 rings (SSSR count). The van der Waals surface area contributed by atoms with Crippen LogP contribution in [0, 0.1) is 0 Å². The van der Waals surface area contributed by atoms with Gasteiger partial charge in [-0.15, -0.1) is 0 Å². The number of carboxylic acid groups (broad SMARTS) is 1. The first-order chi connectivity index (χ1) is 6.65. The van der Waals surface area contributed by atoms with Gasteiger partial charge in [-0.2, -0.15) is 0 Å². The van der Waals surface area contributed by atoms with Crippen LogP contribution in [0.2, 0.25) is 0 Å². The Morgan fingerprint density at radius 1 is 1.43 bits per heavy atom. The van der Waals surface area contributed by atoms with Crippen LogP contribution in [-0.2, 0) is 4.74 Å². The van der Waals surface area contributed by atoms with Crippen molar-refractivity contribution in [2.75, 3.05) is 7.11 Å². The van der Waals surface area contributed by atoms with Crippen LogP contribution in [-0.4, -0.2) is 24.1 Å². The topological polar surface area (TPSA) is 58.9 Å². The predicted octanol–water partition coefficient (Wildman–Crippen LogP) is 2.08. The standard InChI is InChI=1S/C10H11NO3/c1-7(14-2)11-9-6-4-3-5-8(9)10(12)13/h3-6H,1-2H3,(H,12,13). The predicted molar refractivity (Wildman–Crippen MR) is 53.2 cm³/mol. The molecule has 14 heavy (non-hydrogen) atoms. The molecule has 0 unspecified atom stereocenters. The summed E-state index contributed by atoms with van der Waals surface area (Å²) in [6.07, 6.45) is 0. The highest BCUT2D eigenvalue weighted by atomic mass is 16.5. The lowest BCUT2D eigenvalue weighted by Crippen LogP contribution is -1.98. The van der Waals surface area contributed by atoms with Crippen LogP contribution in [0.1, 0.15) is 17.3 Å². The molecule has 0 aromatic heterocycles. The van der Waals surface area contributed by atoms with Crippen molar-refractivity contribution in [2.24, 2.45) is 4.99 Å². The van der Waals surface area contributed by atoms with Gasteiger partial charge >= 0.3 is 5.97 Å². The Labute approximate surface area is 81.9 Å². The number of methoxy groups -OCH3 is 1. The van der Waals surface area contributed by atoms with Gasteiger partial charge in [0.15, 0.2) is 5.90 Å². The van der Waals surface area contributed by atoms with Crippen molar-refractivity contribution in [2.45, 2.75) is 6.92 Å². The molecule has 4 heteroatoms. The van der Waals surface area contributed by atoms with Crippen molar-refractivity contribution in [3.63, 3.8) is 0 Å². The number of ether oxygens (including phenoxy) is 1. The van der Waals surface area contributed by atoms with Crippen molar-refractivity contribution in [1.29, 1.82) is 0 Å². The Morgan fingerprint density at radius 2 is 2.07 bits per heavy atom. The van der Waals surface area contributed by atoms with Crippen LogP contribution < -0.4 is 0 Å². The maximum atomic E-state index is 10.8. The van der Waals surface area contributed by atoms with Gasteiger partial charge in [-0.25, -0.2) is 9.79 Å². The van der Waals surface area contributed by atoms with E-state index in [0.717, 1.165) is 0 Å². The molecule has 0 atom stereocenters. The fraction of sp³-hybridized carbons (Fsp3) is 0.200. The van der Waals surface area contributed by atoms with Crippen LogP contribution in [0.15, 0.2) is 29.3 Å². The molecule has 74 valence electrons. The van der Waals surface area contributed by atoms with E-state index in [-0.39, 0.29) is 5.56 Å². The van der Waals surface area contributed by atoms with Crippen molar-refractivity contribution in [3.8, 4) is 0 Å². The van der Waals surface area contributed by atoms with Crippen molar-refractivity contribution in [3.05, 3.63) is 29.8 Å². The van der Waals surface area contributed by atoms with E-state index in [4.69, 9.17) is 9.84 Å². The van der Waals surface area contributed by atoms with Gasteiger partial charge in [0.2, 0.25) is 0 Å². The van der Waals surface area contributed by atoms with Gasteiger partial charge in [0.1, 0.15) is 0 Å². The largest absolute Gasteiger partial charge is 0.484 e. The summed E-state index contributed by atoms with van der Waals surface area (Å²) in [5.74, 6) is -0.563. The Morgan fingerprint density at radius 3 is 2.64 bits per heavy atom. The summed E-state index contributed by atoms with van der Waals surface area (Å²) in [4.78, 5) is 14.8. The van der Waals surface area contributed by atoms with Crippen LogP contribution in [0.3, 0.4) is 0 Å². The molecular weight excluding hydrogens is 182 g/mol. The molecule has 0 fully saturated rings. The lowest BCUT2D eigenvalue weighted by Gasteiger charge is -2.01. The quantitative estimate of drug-likeness (QED) is 0.577. The summed E-state index contributed by atoms with van der Waals surface area (Å²) in [6, 6.07) is 6.52. The van der Waals surface area contributed by atoms with E-state index in [1.54, 1.807) is 25.1 Å². The second kappa shape index (κ2) is 4.41. The van der Waals surface area contributed by atoms with E-state index in [2.05, 4.69) is 4.99 Å². The summed E-state index contributed by atoms with van der Waals surface area (Å²) in [5.41, 5.74) is 0.572. The van der Waals surface area contributed by atoms with Crippen LogP contribution in [0.5, 0.6) is 0 Å². The minimum atomic E-state index is -0.992. The van der Waals surface area contributed by atoms with E-state index in [1.165, 1.54) is 13.2 Å². The fourth-order valence-corrected chi connectivity index (χ4v) is 0.967. The molecule has 0 aliphatic heterocycles. The summed E-state index contributed by atoms with van der Waals surface area (Å²) in [5, 5.41) is 8.84. The van der Waals surface area contributed by atoms with E-state index < -0.39 is 5.97 Å². The summed E-state index contributed by atoms with van der Waals surface area (Å²) in [6.45, 7) is 1.67. The molecule has 0 bridgehead atoms. The first-order valence-electron chi connectivity index (χ1n) is 4.06. The second-order valence-corrected chi connectivity index (χ2v) is 2.66. The number of aliphatic imine (C=N–C) groups is 1. The summed E-state index contributed by atoms with van der Waals surface area (Å²) >= 11 is 0. The molecule has 1 aromatic rings. The number of hydrogen-bond acceptors (Lipinski definition) is 3. The third-order valence-corrected chi connectivity index (χ3v) is 1.71. The lowest BCUT2D eigenvalue weighted by molar-refractivity contribution is 0.0698. The molecular formula is C10H11NO3. The maximum absolute atomic E-state index is 10.8. The minimum absolute atomic E-state index is 0.170. The monoisotopic (exact) mass is 193 g/mol. The molecule has 0 spiro atoms. The first kappa shape index (κ1) is 10.2. The summed E-state index contributed by atoms with van der Waals surface area (Å²) < 4.78 is 4.85. The van der Waals surface area contributed by atoms with Gasteiger partial charge in [0.05, 0.1) is 18.4 Å². The van der Waals surface area contributed by atoms with Gasteiger partial charge in [-0.05, 0) is 12.1 Å². The van der Waals surface area contributed by atoms with Gasteiger partial charge in [0, 0.05) is 6.92 Å². The van der Waals surface area contributed by atoms with E-state index in [0.29, 0.717) is 11.6 Å². The number of para-hydroxylation sites is 1. The zero-order valence-electron chi connectivity index (χ0n) is 8.02. The molecule has 1 aromatic carbocycles. The number of carboxylic acids is 1. The Kier molecular flexibility index (Phi) is 3.23. The Bertz CT molecular complexity index is 371. The highest BCUT2D eigenvalue weighted by Gasteiger charge is 2.07. The number of nitrogens with zero attached hydrogens (tertiary/aromatic N) is 1. The van der Waals surface area contributed by atoms with Gasteiger partial charge in [0.25, 0.3) is 0 Å². The normalized spacial score (nSPS) is 11.1. The number of carbonyl (C=O) groups is 1. The lowest BCUT2D eigenvalue weighted by atomic mass is 10.2. The fourth-order valence-electron chi connectivity index (χ4n) is 0.967. The number of aromatic carboxylic acids is 1. The molecule has 4 nitrogen and oxygen atoms in total. The molecule has 0 aliphatic carbocycles. The van der Waals surface area contributed by atoms with Crippen LogP contribution in [0.4, 0.5) is 5.69 Å². The number of benzene rings is 1. The van der Waals surface area contributed by atoms with Crippen molar-refractivity contribution >= 4 is 17.6 Å². The van der Waals surface area contributed by atoms with E-state index in [1.807, 2.05) is 0 Å². The zero-order valence-corrected chi connectivity index (χ0v) is 8.02. The third kappa shape index (κ3) is 2.32. The van der Waals surface area contributed by atoms with Gasteiger partial charge < -0.3 is 9.84 Å². The highest BCUT2D eigenvalue weighted by Crippen LogP contribution is 2.18. The van der Waals surface area contributed by atoms with Gasteiger partial charge in [-0.1, -0.05) is 12.1 Å². The van der Waals surface area contributed by atoms with Crippen LogP contribution >= 0.6 is 0 Å². The molecule has 1 N–H and O–H groups in total. The van der Waals surface area contributed by atoms with Gasteiger partial charge in [-0.3, -0.25) is 0 Å². The zero-order chi connectivity index (χ0) is 10.6. The molecule has 0 saturated heterocycles. The first-order valence-corrected chi connectivity index (χ1v) is 4.06. The minimum Gasteiger partial charge on any atom is -0.484 e. The van der Waals surface area contributed by atoms with Crippen molar-refractivity contribution < 1.29 is 14.6 Å². The van der Waals surface area contributed by atoms with Crippen LogP contribution in [0.25, 0.3) is 0 Å². The maximum Gasteiger partial charge on any atom is 0.337 e. The average Bonchev–Trinajstić information content (AvgIpc) is 2.18. The van der Waals surface area contributed by atoms with E-state index in [9.17, 15) is 4.79 Å². The molecule has 0 saturated carbocycles. The smallest absolute Gasteiger partial charge is 0.337 e. The third-order valence-electron chi connectivity index (χ3n) is 1.71. The Balaban J connectivity index is 3.14. The summed E-state index contributed by atoms with van der Waals surface area (Å²) in [7, 11) is 1.49. The molecule has 0 radical (unpaired) electrons. The number of rotatable bonds is 2.